The zero-order valence-corrected chi connectivity index (χ0v) is 8.55. The molecule has 2 N–H and O–H groups in total. The van der Waals surface area contributed by atoms with Crippen LogP contribution in [0.4, 0.5) is 4.79 Å². The SMILES string of the molecule is CC1CN(C(N)=O)N=C1c1ccccc1. The summed E-state index contributed by atoms with van der Waals surface area (Å²) in [5.74, 6) is 0.236. The molecule has 2 rings (SSSR count). The molecule has 0 aromatic heterocycles. The van der Waals surface area contributed by atoms with Gasteiger partial charge in [-0.2, -0.15) is 5.10 Å². The average molecular weight is 203 g/mol. The third kappa shape index (κ3) is 1.83. The molecule has 1 atom stereocenters. The second-order valence-corrected chi connectivity index (χ2v) is 3.67. The van der Waals surface area contributed by atoms with E-state index in [4.69, 9.17) is 5.73 Å². The van der Waals surface area contributed by atoms with E-state index in [9.17, 15) is 4.79 Å². The van der Waals surface area contributed by atoms with Crippen molar-refractivity contribution in [2.45, 2.75) is 6.92 Å². The minimum absolute atomic E-state index is 0.236. The average Bonchev–Trinajstić information content (AvgIpc) is 2.62. The number of urea groups is 1. The molecule has 1 heterocycles. The van der Waals surface area contributed by atoms with Gasteiger partial charge in [0.25, 0.3) is 0 Å². The fourth-order valence-corrected chi connectivity index (χ4v) is 1.71. The molecule has 1 aromatic rings. The summed E-state index contributed by atoms with van der Waals surface area (Å²) in [7, 11) is 0. The van der Waals surface area contributed by atoms with Crippen LogP contribution in [0, 0.1) is 5.92 Å². The van der Waals surface area contributed by atoms with E-state index in [1.807, 2.05) is 37.3 Å². The Hall–Kier alpha value is -1.84. The van der Waals surface area contributed by atoms with Crippen molar-refractivity contribution in [1.29, 1.82) is 0 Å². The zero-order valence-electron chi connectivity index (χ0n) is 8.55. The first-order valence-corrected chi connectivity index (χ1v) is 4.89. The number of carbonyl (C=O) groups excluding carboxylic acids is 1. The van der Waals surface area contributed by atoms with Gasteiger partial charge in [-0.05, 0) is 5.56 Å². The zero-order chi connectivity index (χ0) is 10.8. The van der Waals surface area contributed by atoms with Gasteiger partial charge in [0.15, 0.2) is 0 Å². The Morgan fingerprint density at radius 3 is 2.67 bits per heavy atom. The van der Waals surface area contributed by atoms with Crippen LogP contribution in [0.1, 0.15) is 12.5 Å². The summed E-state index contributed by atoms with van der Waals surface area (Å²) in [5.41, 5.74) is 7.16. The van der Waals surface area contributed by atoms with Crippen molar-refractivity contribution >= 4 is 11.7 Å². The van der Waals surface area contributed by atoms with E-state index in [0.29, 0.717) is 6.54 Å². The Morgan fingerprint density at radius 2 is 2.13 bits per heavy atom. The number of amides is 2. The molecule has 78 valence electrons. The molecule has 0 saturated heterocycles. The van der Waals surface area contributed by atoms with Gasteiger partial charge in [0.2, 0.25) is 0 Å². The van der Waals surface area contributed by atoms with E-state index < -0.39 is 6.03 Å². The van der Waals surface area contributed by atoms with Crippen molar-refractivity contribution in [2.75, 3.05) is 6.54 Å². The van der Waals surface area contributed by atoms with E-state index in [1.165, 1.54) is 5.01 Å². The van der Waals surface area contributed by atoms with Crippen molar-refractivity contribution in [3.8, 4) is 0 Å². The van der Waals surface area contributed by atoms with Crippen LogP contribution in [-0.2, 0) is 0 Å². The van der Waals surface area contributed by atoms with Gasteiger partial charge in [0, 0.05) is 5.92 Å². The van der Waals surface area contributed by atoms with Crippen molar-refractivity contribution in [3.63, 3.8) is 0 Å². The first-order valence-electron chi connectivity index (χ1n) is 4.89. The summed E-state index contributed by atoms with van der Waals surface area (Å²) in [4.78, 5) is 11.0. The topological polar surface area (TPSA) is 58.7 Å². The molecule has 0 spiro atoms. The van der Waals surface area contributed by atoms with Gasteiger partial charge in [0.1, 0.15) is 0 Å². The molecule has 0 fully saturated rings. The molecule has 4 heteroatoms. The standard InChI is InChI=1S/C11H13N3O/c1-8-7-14(11(12)15)13-10(8)9-5-3-2-4-6-9/h2-6,8H,7H2,1H3,(H2,12,15). The summed E-state index contributed by atoms with van der Waals surface area (Å²) < 4.78 is 0. The summed E-state index contributed by atoms with van der Waals surface area (Å²) in [6.45, 7) is 2.61. The van der Waals surface area contributed by atoms with E-state index in [1.54, 1.807) is 0 Å². The Labute approximate surface area is 88.4 Å². The molecule has 0 saturated carbocycles. The van der Waals surface area contributed by atoms with Crippen molar-refractivity contribution < 1.29 is 4.79 Å². The summed E-state index contributed by atoms with van der Waals surface area (Å²) in [6, 6.07) is 9.34. The highest BCUT2D eigenvalue weighted by atomic mass is 16.2. The number of rotatable bonds is 1. The highest BCUT2D eigenvalue weighted by molar-refractivity contribution is 6.03. The van der Waals surface area contributed by atoms with Gasteiger partial charge in [-0.15, -0.1) is 0 Å². The maximum absolute atomic E-state index is 11.0. The van der Waals surface area contributed by atoms with Gasteiger partial charge >= 0.3 is 6.03 Å². The molecule has 2 amide bonds. The lowest BCUT2D eigenvalue weighted by Gasteiger charge is -2.07. The number of nitrogens with zero attached hydrogens (tertiary/aromatic N) is 2. The number of carbonyl (C=O) groups is 1. The van der Waals surface area contributed by atoms with Crippen LogP contribution >= 0.6 is 0 Å². The van der Waals surface area contributed by atoms with Crippen molar-refractivity contribution in [2.24, 2.45) is 16.8 Å². The number of primary amides is 1. The quantitative estimate of drug-likeness (QED) is 0.737. The second-order valence-electron chi connectivity index (χ2n) is 3.67. The molecule has 1 aliphatic heterocycles. The van der Waals surface area contributed by atoms with Gasteiger partial charge in [0.05, 0.1) is 12.3 Å². The molecule has 4 nitrogen and oxygen atoms in total. The molecular weight excluding hydrogens is 190 g/mol. The highest BCUT2D eigenvalue weighted by Crippen LogP contribution is 2.18. The summed E-state index contributed by atoms with van der Waals surface area (Å²) in [6.07, 6.45) is 0. The molecule has 1 aromatic carbocycles. The summed E-state index contributed by atoms with van der Waals surface area (Å²) in [5, 5.41) is 5.53. The fourth-order valence-electron chi connectivity index (χ4n) is 1.71. The molecule has 1 unspecified atom stereocenters. The second kappa shape index (κ2) is 3.73. The van der Waals surface area contributed by atoms with Crippen LogP contribution in [-0.4, -0.2) is 23.3 Å². The maximum Gasteiger partial charge on any atom is 0.335 e. The van der Waals surface area contributed by atoms with Crippen LogP contribution in [0.25, 0.3) is 0 Å². The highest BCUT2D eigenvalue weighted by Gasteiger charge is 2.26. The van der Waals surface area contributed by atoms with E-state index in [-0.39, 0.29) is 5.92 Å². The first kappa shape index (κ1) is 9.71. The maximum atomic E-state index is 11.0. The Balaban J connectivity index is 2.30. The number of hydrogen-bond donors (Lipinski definition) is 1. The Bertz CT molecular complexity index is 400. The first-order chi connectivity index (χ1) is 7.18. The molecular formula is C11H13N3O. The third-order valence-electron chi connectivity index (χ3n) is 2.47. The van der Waals surface area contributed by atoms with Crippen LogP contribution in [0.3, 0.4) is 0 Å². The number of benzene rings is 1. The largest absolute Gasteiger partial charge is 0.350 e. The molecule has 0 bridgehead atoms. The lowest BCUT2D eigenvalue weighted by molar-refractivity contribution is 0.212. The smallest absolute Gasteiger partial charge is 0.335 e. The van der Waals surface area contributed by atoms with Crippen LogP contribution in [0.2, 0.25) is 0 Å². The van der Waals surface area contributed by atoms with Crippen LogP contribution in [0.5, 0.6) is 0 Å². The number of nitrogens with two attached hydrogens (primary N) is 1. The van der Waals surface area contributed by atoms with Crippen LogP contribution < -0.4 is 5.73 Å². The number of hydrazone groups is 1. The minimum atomic E-state index is -0.493. The minimum Gasteiger partial charge on any atom is -0.350 e. The van der Waals surface area contributed by atoms with Gasteiger partial charge in [-0.3, -0.25) is 0 Å². The predicted octanol–water partition coefficient (Wildman–Crippen LogP) is 1.42. The van der Waals surface area contributed by atoms with Crippen LogP contribution in [0.15, 0.2) is 35.4 Å². The fraction of sp³-hybridized carbons (Fsp3) is 0.273. The molecule has 0 radical (unpaired) electrons. The molecule has 15 heavy (non-hydrogen) atoms. The Kier molecular flexibility index (Phi) is 2.41. The van der Waals surface area contributed by atoms with Gasteiger partial charge in [-0.1, -0.05) is 37.3 Å². The van der Waals surface area contributed by atoms with E-state index in [0.717, 1.165) is 11.3 Å². The lowest BCUT2D eigenvalue weighted by Crippen LogP contribution is -2.30. The number of hydrogen-bond acceptors (Lipinski definition) is 2. The predicted molar refractivity (Wildman–Crippen MR) is 58.4 cm³/mol. The van der Waals surface area contributed by atoms with E-state index in [2.05, 4.69) is 5.10 Å². The van der Waals surface area contributed by atoms with Crippen molar-refractivity contribution in [3.05, 3.63) is 35.9 Å². The Morgan fingerprint density at radius 1 is 1.47 bits per heavy atom. The van der Waals surface area contributed by atoms with Gasteiger partial charge in [-0.25, -0.2) is 9.80 Å². The summed E-state index contributed by atoms with van der Waals surface area (Å²) >= 11 is 0. The van der Waals surface area contributed by atoms with Gasteiger partial charge < -0.3 is 5.73 Å². The van der Waals surface area contributed by atoms with Crippen molar-refractivity contribution in [1.82, 2.24) is 5.01 Å². The monoisotopic (exact) mass is 203 g/mol. The lowest BCUT2D eigenvalue weighted by atomic mass is 10.00. The molecule has 0 aliphatic carbocycles. The molecule has 1 aliphatic rings. The van der Waals surface area contributed by atoms with E-state index >= 15 is 0 Å². The normalized spacial score (nSPS) is 20.2. The third-order valence-corrected chi connectivity index (χ3v) is 2.47.